The second-order valence-electron chi connectivity index (χ2n) is 5.55. The van der Waals surface area contributed by atoms with Crippen molar-refractivity contribution in [2.75, 3.05) is 7.11 Å². The van der Waals surface area contributed by atoms with E-state index in [1.165, 1.54) is 5.56 Å². The summed E-state index contributed by atoms with van der Waals surface area (Å²) in [6, 6.07) is 14.0. The minimum absolute atomic E-state index is 0.167. The number of hydrogen-bond donors (Lipinski definition) is 2. The van der Waals surface area contributed by atoms with Crippen LogP contribution >= 0.6 is 0 Å². The van der Waals surface area contributed by atoms with Gasteiger partial charge in [0.05, 0.1) is 7.11 Å². The van der Waals surface area contributed by atoms with E-state index in [1.54, 1.807) is 7.11 Å². The molecule has 1 aliphatic rings. The molecule has 1 unspecified atom stereocenters. The molecule has 5 nitrogen and oxygen atoms in total. The molecule has 2 aromatic carbocycles. The zero-order valence-electron chi connectivity index (χ0n) is 13.4. The molecule has 3 N–H and O–H groups in total. The highest BCUT2D eigenvalue weighted by Crippen LogP contribution is 2.32. The lowest BCUT2D eigenvalue weighted by atomic mass is 10.1. The summed E-state index contributed by atoms with van der Waals surface area (Å²) in [5.41, 5.74) is 8.96. The van der Waals surface area contributed by atoms with Crippen molar-refractivity contribution in [3.63, 3.8) is 0 Å². The van der Waals surface area contributed by atoms with E-state index in [1.807, 2.05) is 43.3 Å². The Morgan fingerprint density at radius 2 is 1.96 bits per heavy atom. The lowest BCUT2D eigenvalue weighted by Crippen LogP contribution is -2.33. The maximum Gasteiger partial charge on any atom is 0.153 e. The van der Waals surface area contributed by atoms with Crippen molar-refractivity contribution in [3.05, 3.63) is 53.6 Å². The van der Waals surface area contributed by atoms with Gasteiger partial charge in [-0.25, -0.2) is 4.99 Å². The van der Waals surface area contributed by atoms with Crippen LogP contribution in [0.4, 0.5) is 5.69 Å². The van der Waals surface area contributed by atoms with Gasteiger partial charge in [-0.05, 0) is 42.3 Å². The Morgan fingerprint density at radius 1 is 1.17 bits per heavy atom. The van der Waals surface area contributed by atoms with Crippen LogP contribution in [0.15, 0.2) is 47.5 Å². The highest BCUT2D eigenvalue weighted by Gasteiger charge is 2.18. The molecular weight excluding hydrogens is 290 g/mol. The van der Waals surface area contributed by atoms with E-state index in [2.05, 4.69) is 16.4 Å². The average molecular weight is 311 g/mol. The van der Waals surface area contributed by atoms with Crippen LogP contribution in [0.25, 0.3) is 0 Å². The van der Waals surface area contributed by atoms with Crippen LogP contribution in [0, 0.1) is 0 Å². The first-order chi connectivity index (χ1) is 11.2. The van der Waals surface area contributed by atoms with Crippen molar-refractivity contribution < 1.29 is 9.47 Å². The minimum atomic E-state index is -0.167. The van der Waals surface area contributed by atoms with E-state index in [4.69, 9.17) is 15.2 Å². The largest absolute Gasteiger partial charge is 0.497 e. The van der Waals surface area contributed by atoms with Gasteiger partial charge in [0, 0.05) is 13.1 Å². The quantitative estimate of drug-likeness (QED) is 0.891. The second-order valence-corrected chi connectivity index (χ2v) is 5.55. The predicted octanol–water partition coefficient (Wildman–Crippen LogP) is 2.75. The number of nitrogens with one attached hydrogen (secondary N) is 1. The number of nitrogens with zero attached hydrogens (tertiary/aromatic N) is 1. The fourth-order valence-electron chi connectivity index (χ4n) is 2.47. The van der Waals surface area contributed by atoms with Gasteiger partial charge in [-0.2, -0.15) is 0 Å². The molecule has 5 heteroatoms. The fraction of sp³-hybridized carbons (Fsp3) is 0.278. The molecular formula is C18H21N3O2. The first kappa shape index (κ1) is 15.4. The third-order valence-corrected chi connectivity index (χ3v) is 3.79. The summed E-state index contributed by atoms with van der Waals surface area (Å²) in [5.74, 6) is 2.16. The Bertz CT molecular complexity index is 728. The van der Waals surface area contributed by atoms with Gasteiger partial charge in [0.1, 0.15) is 23.0 Å². The molecule has 23 heavy (non-hydrogen) atoms. The van der Waals surface area contributed by atoms with Crippen LogP contribution in [0.2, 0.25) is 0 Å². The van der Waals surface area contributed by atoms with E-state index in [-0.39, 0.29) is 6.10 Å². The molecule has 120 valence electrons. The summed E-state index contributed by atoms with van der Waals surface area (Å²) in [4.78, 5) is 4.40. The van der Waals surface area contributed by atoms with Crippen LogP contribution in [0.5, 0.6) is 11.5 Å². The van der Waals surface area contributed by atoms with E-state index >= 15 is 0 Å². The van der Waals surface area contributed by atoms with Gasteiger partial charge in [0.15, 0.2) is 6.10 Å². The summed E-state index contributed by atoms with van der Waals surface area (Å²) < 4.78 is 10.9. The summed E-state index contributed by atoms with van der Waals surface area (Å²) >= 11 is 0. The molecule has 0 saturated heterocycles. The first-order valence-corrected chi connectivity index (χ1v) is 7.63. The number of ether oxygens (including phenoxy) is 2. The summed E-state index contributed by atoms with van der Waals surface area (Å²) in [6.07, 6.45) is -0.167. The molecule has 0 saturated carbocycles. The number of rotatable bonds is 5. The Hall–Kier alpha value is -2.53. The number of methoxy groups -OCH3 is 1. The van der Waals surface area contributed by atoms with Crippen molar-refractivity contribution >= 4 is 11.5 Å². The van der Waals surface area contributed by atoms with Crippen LogP contribution in [-0.2, 0) is 13.1 Å². The predicted molar refractivity (Wildman–Crippen MR) is 91.4 cm³/mol. The van der Waals surface area contributed by atoms with Crippen molar-refractivity contribution in [2.24, 2.45) is 10.7 Å². The number of benzene rings is 2. The molecule has 0 aliphatic carbocycles. The standard InChI is InChI=1S/C18H21N3O2/c1-12-18(19)21-16-9-14(6-7-17(16)23-12)11-20-10-13-4-3-5-15(8-13)22-2/h3-9,12,20H,10-11H2,1-2H3,(H2,19,21). The van der Waals surface area contributed by atoms with Gasteiger partial charge < -0.3 is 20.5 Å². The van der Waals surface area contributed by atoms with E-state index < -0.39 is 0 Å². The number of amidine groups is 1. The average Bonchev–Trinajstić information content (AvgIpc) is 2.56. The third kappa shape index (κ3) is 3.63. The smallest absolute Gasteiger partial charge is 0.153 e. The highest BCUT2D eigenvalue weighted by molar-refractivity contribution is 5.89. The van der Waals surface area contributed by atoms with Gasteiger partial charge in [-0.1, -0.05) is 18.2 Å². The number of fused-ring (bicyclic) bond motifs is 1. The topological polar surface area (TPSA) is 68.9 Å². The van der Waals surface area contributed by atoms with E-state index in [0.717, 1.165) is 35.8 Å². The van der Waals surface area contributed by atoms with Gasteiger partial charge in [-0.3, -0.25) is 0 Å². The lowest BCUT2D eigenvalue weighted by molar-refractivity contribution is 0.281. The van der Waals surface area contributed by atoms with Gasteiger partial charge in [-0.15, -0.1) is 0 Å². The van der Waals surface area contributed by atoms with Crippen LogP contribution < -0.4 is 20.5 Å². The molecule has 0 amide bonds. The van der Waals surface area contributed by atoms with Crippen molar-refractivity contribution in [1.29, 1.82) is 0 Å². The molecule has 0 spiro atoms. The van der Waals surface area contributed by atoms with Crippen LogP contribution in [-0.4, -0.2) is 19.0 Å². The summed E-state index contributed by atoms with van der Waals surface area (Å²) in [7, 11) is 1.68. The zero-order valence-corrected chi connectivity index (χ0v) is 13.4. The van der Waals surface area contributed by atoms with Gasteiger partial charge >= 0.3 is 0 Å². The Kier molecular flexibility index (Phi) is 4.48. The van der Waals surface area contributed by atoms with Crippen LogP contribution in [0.3, 0.4) is 0 Å². The number of hydrogen-bond acceptors (Lipinski definition) is 5. The molecule has 0 fully saturated rings. The molecule has 0 bridgehead atoms. The SMILES string of the molecule is COc1cccc(CNCc2ccc3c(c2)N=C(N)C(C)O3)c1. The molecule has 1 atom stereocenters. The monoisotopic (exact) mass is 311 g/mol. The van der Waals surface area contributed by atoms with Crippen molar-refractivity contribution in [1.82, 2.24) is 5.32 Å². The maximum atomic E-state index is 5.84. The summed E-state index contributed by atoms with van der Waals surface area (Å²) in [5, 5.41) is 3.42. The van der Waals surface area contributed by atoms with Gasteiger partial charge in [0.25, 0.3) is 0 Å². The molecule has 0 aromatic heterocycles. The summed E-state index contributed by atoms with van der Waals surface area (Å²) in [6.45, 7) is 3.41. The number of nitrogens with two attached hydrogens (primary N) is 1. The second kappa shape index (κ2) is 6.71. The molecule has 0 radical (unpaired) electrons. The van der Waals surface area contributed by atoms with Crippen LogP contribution in [0.1, 0.15) is 18.1 Å². The van der Waals surface area contributed by atoms with E-state index in [0.29, 0.717) is 5.84 Å². The zero-order chi connectivity index (χ0) is 16.2. The molecule has 3 rings (SSSR count). The van der Waals surface area contributed by atoms with E-state index in [9.17, 15) is 0 Å². The number of aliphatic imine (C=N–C) groups is 1. The third-order valence-electron chi connectivity index (χ3n) is 3.79. The molecule has 1 heterocycles. The Morgan fingerprint density at radius 3 is 2.74 bits per heavy atom. The molecule has 2 aromatic rings. The Balaban J connectivity index is 1.62. The Labute approximate surface area is 136 Å². The fourth-order valence-corrected chi connectivity index (χ4v) is 2.47. The van der Waals surface area contributed by atoms with Crippen molar-refractivity contribution in [3.8, 4) is 11.5 Å². The lowest BCUT2D eigenvalue weighted by Gasteiger charge is -2.21. The van der Waals surface area contributed by atoms with Crippen molar-refractivity contribution in [2.45, 2.75) is 26.1 Å². The first-order valence-electron chi connectivity index (χ1n) is 7.63. The maximum absolute atomic E-state index is 5.84. The molecule has 1 aliphatic heterocycles. The van der Waals surface area contributed by atoms with Gasteiger partial charge in [0.2, 0.25) is 0 Å². The normalized spacial score (nSPS) is 16.3. The highest BCUT2D eigenvalue weighted by atomic mass is 16.5. The minimum Gasteiger partial charge on any atom is -0.497 e.